The van der Waals surface area contributed by atoms with Gasteiger partial charge < -0.3 is 0 Å². The summed E-state index contributed by atoms with van der Waals surface area (Å²) in [6, 6.07) is 8.13. The molecule has 0 aromatic heterocycles. The van der Waals surface area contributed by atoms with Gasteiger partial charge in [-0.15, -0.1) is 0 Å². The monoisotopic (exact) mass is 499 g/mol. The highest BCUT2D eigenvalue weighted by molar-refractivity contribution is 5.42. The number of hydrogen-bond acceptors (Lipinski definition) is 0. The van der Waals surface area contributed by atoms with Crippen LogP contribution in [-0.2, 0) is 16.2 Å². The average molecular weight is 499 g/mol. The quantitative estimate of drug-likeness (QED) is 0.158. The van der Waals surface area contributed by atoms with Crippen molar-refractivity contribution in [3.63, 3.8) is 0 Å². The van der Waals surface area contributed by atoms with E-state index in [2.05, 4.69) is 80.5 Å². The maximum absolute atomic E-state index is 2.71. The lowest BCUT2D eigenvalue weighted by atomic mass is 9.66. The van der Waals surface area contributed by atoms with E-state index in [0.717, 1.165) is 0 Å². The third-order valence-corrected chi connectivity index (χ3v) is 9.52. The van der Waals surface area contributed by atoms with E-state index in [9.17, 15) is 0 Å². The van der Waals surface area contributed by atoms with Gasteiger partial charge in [-0.25, -0.2) is 0 Å². The zero-order valence-electron chi connectivity index (χ0n) is 26.5. The summed E-state index contributed by atoms with van der Waals surface area (Å²) in [4.78, 5) is 0. The van der Waals surface area contributed by atoms with Crippen molar-refractivity contribution in [2.45, 2.75) is 194 Å². The van der Waals surface area contributed by atoms with E-state index in [0.29, 0.717) is 16.2 Å². The first-order chi connectivity index (χ1) is 17.2. The molecule has 0 nitrogen and oxygen atoms in total. The average Bonchev–Trinajstić information content (AvgIpc) is 2.90. The molecule has 1 rings (SSSR count). The van der Waals surface area contributed by atoms with Crippen molar-refractivity contribution in [3.8, 4) is 0 Å². The van der Waals surface area contributed by atoms with Gasteiger partial charge >= 0.3 is 0 Å². The number of benzene rings is 1. The van der Waals surface area contributed by atoms with Crippen LogP contribution in [0.1, 0.15) is 195 Å². The third kappa shape index (κ3) is 9.83. The Bertz CT molecular complexity index is 564. The van der Waals surface area contributed by atoms with Crippen molar-refractivity contribution in [2.75, 3.05) is 0 Å². The normalized spacial score (nSPS) is 12.9. The fraction of sp³-hybridized carbons (Fsp3) is 0.833. The van der Waals surface area contributed by atoms with Crippen LogP contribution in [-0.4, -0.2) is 0 Å². The van der Waals surface area contributed by atoms with Gasteiger partial charge in [0.1, 0.15) is 0 Å². The van der Waals surface area contributed by atoms with E-state index in [1.54, 1.807) is 16.7 Å². The van der Waals surface area contributed by atoms with Crippen LogP contribution < -0.4 is 0 Å². The fourth-order valence-corrected chi connectivity index (χ4v) is 6.32. The van der Waals surface area contributed by atoms with Crippen molar-refractivity contribution in [3.05, 3.63) is 34.9 Å². The van der Waals surface area contributed by atoms with Crippen LogP contribution >= 0.6 is 0 Å². The van der Waals surface area contributed by atoms with Crippen LogP contribution in [0.2, 0.25) is 0 Å². The summed E-state index contributed by atoms with van der Waals surface area (Å²) in [5, 5.41) is 0. The molecule has 0 bridgehead atoms. The highest BCUT2D eigenvalue weighted by Gasteiger charge is 2.34. The molecule has 0 aliphatic rings. The van der Waals surface area contributed by atoms with Crippen molar-refractivity contribution >= 4 is 0 Å². The van der Waals surface area contributed by atoms with Gasteiger partial charge in [0, 0.05) is 0 Å². The minimum absolute atomic E-state index is 0.295. The zero-order chi connectivity index (χ0) is 27.1. The second-order valence-corrected chi connectivity index (χ2v) is 13.1. The molecule has 0 fully saturated rings. The van der Waals surface area contributed by atoms with E-state index >= 15 is 0 Å². The van der Waals surface area contributed by atoms with Crippen LogP contribution in [0.4, 0.5) is 0 Å². The second kappa shape index (κ2) is 16.9. The van der Waals surface area contributed by atoms with Gasteiger partial charge in [0.05, 0.1) is 0 Å². The largest absolute Gasteiger partial charge is 0.0654 e. The number of rotatable bonds is 21. The first-order valence-corrected chi connectivity index (χ1v) is 16.3. The standard InChI is InChI=1S/C36H66/c1-10-16-22-34(7,23-17-11-2)31-28-32(35(8,24-18-12-3)25-19-13-4)30-33(29-31)36(9,26-20-14-5)27-21-15-6/h28-30H,10-27H2,1-9H3. The Morgan fingerprint density at radius 3 is 0.667 bits per heavy atom. The van der Waals surface area contributed by atoms with Crippen LogP contribution in [0.25, 0.3) is 0 Å². The molecule has 0 heteroatoms. The predicted octanol–water partition coefficient (Wildman–Crippen LogP) is 12.6. The topological polar surface area (TPSA) is 0 Å². The molecule has 0 spiro atoms. The van der Waals surface area contributed by atoms with Gasteiger partial charge in [-0.05, 0) is 71.5 Å². The maximum atomic E-state index is 2.71. The van der Waals surface area contributed by atoms with Crippen LogP contribution in [0, 0.1) is 0 Å². The number of unbranched alkanes of at least 4 members (excludes halogenated alkanes) is 6. The molecule has 0 saturated carbocycles. The minimum Gasteiger partial charge on any atom is -0.0654 e. The molecule has 1 aromatic rings. The van der Waals surface area contributed by atoms with Crippen LogP contribution in [0.15, 0.2) is 18.2 Å². The lowest BCUT2D eigenvalue weighted by Crippen LogP contribution is -2.29. The molecule has 0 unspecified atom stereocenters. The Labute approximate surface area is 228 Å². The van der Waals surface area contributed by atoms with E-state index in [1.165, 1.54) is 116 Å². The van der Waals surface area contributed by atoms with Crippen molar-refractivity contribution in [1.82, 2.24) is 0 Å². The molecule has 0 radical (unpaired) electrons. The Morgan fingerprint density at radius 1 is 0.361 bits per heavy atom. The smallest absolute Gasteiger partial charge is 0.00750 e. The summed E-state index contributed by atoms with van der Waals surface area (Å²) in [5.74, 6) is 0. The Balaban J connectivity index is 3.81. The first-order valence-electron chi connectivity index (χ1n) is 16.3. The predicted molar refractivity (Wildman–Crippen MR) is 166 cm³/mol. The van der Waals surface area contributed by atoms with E-state index in [1.807, 2.05) is 0 Å². The Kier molecular flexibility index (Phi) is 15.6. The van der Waals surface area contributed by atoms with Gasteiger partial charge in [-0.3, -0.25) is 0 Å². The van der Waals surface area contributed by atoms with Gasteiger partial charge in [-0.1, -0.05) is 158 Å². The van der Waals surface area contributed by atoms with Gasteiger partial charge in [-0.2, -0.15) is 0 Å². The van der Waals surface area contributed by atoms with Crippen molar-refractivity contribution in [2.24, 2.45) is 0 Å². The first kappa shape index (κ1) is 33.2. The SMILES string of the molecule is CCCCC(C)(CCCC)c1cc(C(C)(CCCC)CCCC)cc(C(C)(CCCC)CCCC)c1. The Hall–Kier alpha value is -0.780. The molecule has 0 atom stereocenters. The molecule has 0 saturated heterocycles. The molecular formula is C36H66. The molecule has 36 heavy (non-hydrogen) atoms. The molecule has 0 aliphatic carbocycles. The Morgan fingerprint density at radius 2 is 0.528 bits per heavy atom. The minimum atomic E-state index is 0.295. The maximum Gasteiger partial charge on any atom is -0.00750 e. The molecule has 0 heterocycles. The highest BCUT2D eigenvalue weighted by Crippen LogP contribution is 2.44. The summed E-state index contributed by atoms with van der Waals surface area (Å²) in [7, 11) is 0. The van der Waals surface area contributed by atoms with Crippen molar-refractivity contribution in [1.29, 1.82) is 0 Å². The van der Waals surface area contributed by atoms with Gasteiger partial charge in [0.25, 0.3) is 0 Å². The van der Waals surface area contributed by atoms with Crippen molar-refractivity contribution < 1.29 is 0 Å². The summed E-state index contributed by atoms with van der Waals surface area (Å²) < 4.78 is 0. The van der Waals surface area contributed by atoms with E-state index in [4.69, 9.17) is 0 Å². The summed E-state index contributed by atoms with van der Waals surface area (Å²) >= 11 is 0. The van der Waals surface area contributed by atoms with Gasteiger partial charge in [0.15, 0.2) is 0 Å². The molecule has 0 N–H and O–H groups in total. The van der Waals surface area contributed by atoms with Crippen LogP contribution in [0.5, 0.6) is 0 Å². The van der Waals surface area contributed by atoms with E-state index in [-0.39, 0.29) is 0 Å². The molecule has 0 aliphatic heterocycles. The lowest BCUT2D eigenvalue weighted by molar-refractivity contribution is 0.351. The molecule has 1 aromatic carbocycles. The van der Waals surface area contributed by atoms with Gasteiger partial charge in [0.2, 0.25) is 0 Å². The summed E-state index contributed by atoms with van der Waals surface area (Å²) in [5.41, 5.74) is 5.87. The second-order valence-electron chi connectivity index (χ2n) is 13.1. The highest BCUT2D eigenvalue weighted by atomic mass is 14.4. The molecule has 210 valence electrons. The van der Waals surface area contributed by atoms with E-state index < -0.39 is 0 Å². The fourth-order valence-electron chi connectivity index (χ4n) is 6.32. The lowest BCUT2D eigenvalue weighted by Gasteiger charge is -2.38. The van der Waals surface area contributed by atoms with Crippen LogP contribution in [0.3, 0.4) is 0 Å². The molecule has 0 amide bonds. The summed E-state index contributed by atoms with van der Waals surface area (Å²) in [6.45, 7) is 22.0. The zero-order valence-corrected chi connectivity index (χ0v) is 26.5. The summed E-state index contributed by atoms with van der Waals surface area (Å²) in [6.07, 6.45) is 23.8. The third-order valence-electron chi connectivity index (χ3n) is 9.52. The molecular weight excluding hydrogens is 432 g/mol. The number of hydrogen-bond donors (Lipinski definition) is 0.